The molecule has 0 saturated carbocycles. The van der Waals surface area contributed by atoms with Crippen LogP contribution in [0.25, 0.3) is 21.5 Å². The van der Waals surface area contributed by atoms with Crippen molar-refractivity contribution in [1.29, 1.82) is 0 Å². The van der Waals surface area contributed by atoms with E-state index in [2.05, 4.69) is 4.74 Å². The van der Waals surface area contributed by atoms with Crippen molar-refractivity contribution < 1.29 is 22.3 Å². The van der Waals surface area contributed by atoms with E-state index in [0.717, 1.165) is 0 Å². The van der Waals surface area contributed by atoms with E-state index in [0.29, 0.717) is 10.8 Å². The molecule has 0 atom stereocenters. The second-order valence-corrected chi connectivity index (χ2v) is 3.92. The Morgan fingerprint density at radius 2 is 1.72 bits per heavy atom. The van der Waals surface area contributed by atoms with E-state index in [1.807, 2.05) is 0 Å². The molecule has 0 fully saturated rings. The van der Waals surface area contributed by atoms with Gasteiger partial charge in [-0.25, -0.2) is 4.39 Å². The molecule has 1 nitrogen and oxygen atoms in total. The molecule has 4 aromatic carbocycles. The van der Waals surface area contributed by atoms with E-state index < -0.39 is 12.2 Å². The Hall–Kier alpha value is -2.04. The maximum Gasteiger partial charge on any atom is 0.573 e. The van der Waals surface area contributed by atoms with Crippen LogP contribution in [0.15, 0.2) is 36.4 Å². The van der Waals surface area contributed by atoms with E-state index in [-0.39, 0.29) is 16.5 Å². The molecule has 0 unspecified atom stereocenters. The second kappa shape index (κ2) is 3.48. The lowest BCUT2D eigenvalue weighted by atomic mass is 9.98. The van der Waals surface area contributed by atoms with Gasteiger partial charge in [0, 0.05) is 10.8 Å². The zero-order valence-corrected chi connectivity index (χ0v) is 8.88. The predicted molar refractivity (Wildman–Crippen MR) is 59.3 cm³/mol. The van der Waals surface area contributed by atoms with Gasteiger partial charge in [-0.3, -0.25) is 0 Å². The van der Waals surface area contributed by atoms with Crippen LogP contribution in [0.2, 0.25) is 0 Å². The Morgan fingerprint density at radius 1 is 0.944 bits per heavy atom. The zero-order valence-electron chi connectivity index (χ0n) is 8.88. The normalized spacial score (nSPS) is 12.4. The molecule has 4 rings (SSSR count). The number of fused-ring (bicyclic) bond motifs is 2. The number of benzene rings is 4. The predicted octanol–water partition coefficient (Wildman–Crippen LogP) is 4.47. The first-order chi connectivity index (χ1) is 8.46. The molecule has 4 aromatic rings. The van der Waals surface area contributed by atoms with Gasteiger partial charge in [-0.1, -0.05) is 24.3 Å². The molecule has 0 heterocycles. The van der Waals surface area contributed by atoms with Crippen molar-refractivity contribution in [2.24, 2.45) is 0 Å². The van der Waals surface area contributed by atoms with Crippen LogP contribution in [-0.4, -0.2) is 6.36 Å². The molecule has 18 heavy (non-hydrogen) atoms. The van der Waals surface area contributed by atoms with Crippen molar-refractivity contribution in [3.8, 4) is 5.75 Å². The molecule has 0 aromatic heterocycles. The molecular weight excluding hydrogens is 248 g/mol. The molecule has 0 aliphatic carbocycles. The molecule has 0 aliphatic heterocycles. The van der Waals surface area contributed by atoms with Crippen LogP contribution < -0.4 is 4.74 Å². The Morgan fingerprint density at radius 3 is 2.39 bits per heavy atom. The molecule has 2 bridgehead atoms. The van der Waals surface area contributed by atoms with Gasteiger partial charge < -0.3 is 4.74 Å². The largest absolute Gasteiger partial charge is 0.573 e. The fraction of sp³-hybridized carbons (Fsp3) is 0.0769. The van der Waals surface area contributed by atoms with Crippen LogP contribution >= 0.6 is 0 Å². The van der Waals surface area contributed by atoms with Gasteiger partial charge in [0.25, 0.3) is 0 Å². The van der Waals surface area contributed by atoms with Gasteiger partial charge in [-0.05, 0) is 22.9 Å². The SMILES string of the molecule is Fc1cc2ccc1c1c(OC(F)(F)F)cccc21. The Kier molecular flexibility index (Phi) is 2.14. The van der Waals surface area contributed by atoms with Crippen LogP contribution in [0, 0.1) is 5.82 Å². The summed E-state index contributed by atoms with van der Waals surface area (Å²) in [7, 11) is 0. The summed E-state index contributed by atoms with van der Waals surface area (Å²) in [5.41, 5.74) is 0. The first-order valence-electron chi connectivity index (χ1n) is 5.15. The molecule has 92 valence electrons. The minimum atomic E-state index is -4.79. The molecule has 0 spiro atoms. The maximum absolute atomic E-state index is 13.6. The van der Waals surface area contributed by atoms with Gasteiger partial charge in [0.2, 0.25) is 0 Å². The zero-order chi connectivity index (χ0) is 12.9. The molecular formula is C13H6F4O. The number of alkyl halides is 3. The fourth-order valence-electron chi connectivity index (χ4n) is 2.14. The molecule has 0 radical (unpaired) electrons. The average Bonchev–Trinajstić information content (AvgIpc) is 2.28. The fourth-order valence-corrected chi connectivity index (χ4v) is 2.14. The standard InChI is InChI=1S/C13H6F4O/c14-10-6-7-4-5-9(10)12-8(7)2-1-3-11(12)18-13(15,16)17/h1-6H. The van der Waals surface area contributed by atoms with Gasteiger partial charge in [-0.15, -0.1) is 13.2 Å². The highest BCUT2D eigenvalue weighted by Gasteiger charge is 2.32. The van der Waals surface area contributed by atoms with Gasteiger partial charge in [0.05, 0.1) is 0 Å². The minimum absolute atomic E-state index is 0.125. The summed E-state index contributed by atoms with van der Waals surface area (Å²) in [6, 6.07) is 8.69. The lowest BCUT2D eigenvalue weighted by Gasteiger charge is -2.14. The third kappa shape index (κ3) is 1.63. The quantitative estimate of drug-likeness (QED) is 0.582. The van der Waals surface area contributed by atoms with Crippen LogP contribution in [0.3, 0.4) is 0 Å². The van der Waals surface area contributed by atoms with Crippen molar-refractivity contribution in [2.75, 3.05) is 0 Å². The third-order valence-electron chi connectivity index (χ3n) is 2.80. The molecule has 0 aliphatic rings. The van der Waals surface area contributed by atoms with Crippen LogP contribution in [0.1, 0.15) is 0 Å². The lowest BCUT2D eigenvalue weighted by molar-refractivity contribution is -0.274. The molecule has 5 heteroatoms. The summed E-state index contributed by atoms with van der Waals surface area (Å²) in [5, 5.41) is 1.38. The molecule has 0 saturated heterocycles. The van der Waals surface area contributed by atoms with Gasteiger partial charge in [0.15, 0.2) is 0 Å². The summed E-state index contributed by atoms with van der Waals surface area (Å²) < 4.78 is 54.4. The summed E-state index contributed by atoms with van der Waals surface area (Å²) in [6.07, 6.45) is -4.79. The van der Waals surface area contributed by atoms with Crippen molar-refractivity contribution >= 4 is 21.5 Å². The maximum atomic E-state index is 13.6. The average molecular weight is 254 g/mol. The van der Waals surface area contributed by atoms with Crippen LogP contribution in [0.5, 0.6) is 5.75 Å². The third-order valence-corrected chi connectivity index (χ3v) is 2.80. The molecule has 0 N–H and O–H groups in total. The summed E-state index contributed by atoms with van der Waals surface area (Å²) in [6.45, 7) is 0. The number of hydrogen-bond donors (Lipinski definition) is 0. The van der Waals surface area contributed by atoms with Gasteiger partial charge in [-0.2, -0.15) is 0 Å². The number of halogens is 4. The van der Waals surface area contributed by atoms with Crippen molar-refractivity contribution in [3.63, 3.8) is 0 Å². The smallest absolute Gasteiger partial charge is 0.405 e. The number of hydrogen-bond acceptors (Lipinski definition) is 1. The first-order valence-corrected chi connectivity index (χ1v) is 5.15. The number of rotatable bonds is 1. The monoisotopic (exact) mass is 254 g/mol. The Bertz CT molecular complexity index is 718. The van der Waals surface area contributed by atoms with E-state index in [1.165, 1.54) is 24.3 Å². The lowest BCUT2D eigenvalue weighted by Crippen LogP contribution is -2.17. The first kappa shape index (κ1) is 11.1. The topological polar surface area (TPSA) is 9.23 Å². The summed E-state index contributed by atoms with van der Waals surface area (Å²) >= 11 is 0. The second-order valence-electron chi connectivity index (χ2n) is 3.92. The van der Waals surface area contributed by atoms with E-state index >= 15 is 0 Å². The van der Waals surface area contributed by atoms with Gasteiger partial charge in [0.1, 0.15) is 11.6 Å². The van der Waals surface area contributed by atoms with Crippen LogP contribution in [0.4, 0.5) is 17.6 Å². The van der Waals surface area contributed by atoms with Crippen LogP contribution in [-0.2, 0) is 0 Å². The Labute approximate surface area is 98.9 Å². The van der Waals surface area contributed by atoms with E-state index in [4.69, 9.17) is 0 Å². The van der Waals surface area contributed by atoms with Gasteiger partial charge >= 0.3 is 6.36 Å². The van der Waals surface area contributed by atoms with E-state index in [9.17, 15) is 17.6 Å². The van der Waals surface area contributed by atoms with Crippen molar-refractivity contribution in [2.45, 2.75) is 6.36 Å². The van der Waals surface area contributed by atoms with Crippen molar-refractivity contribution in [3.05, 3.63) is 42.2 Å². The summed E-state index contributed by atoms with van der Waals surface area (Å²) in [4.78, 5) is 0. The minimum Gasteiger partial charge on any atom is -0.405 e. The highest BCUT2D eigenvalue weighted by atomic mass is 19.4. The highest BCUT2D eigenvalue weighted by molar-refractivity contribution is 6.12. The Balaban J connectivity index is 2.35. The molecule has 0 amide bonds. The number of ether oxygens (including phenoxy) is 1. The van der Waals surface area contributed by atoms with E-state index in [1.54, 1.807) is 12.1 Å². The highest BCUT2D eigenvalue weighted by Crippen LogP contribution is 2.38. The van der Waals surface area contributed by atoms with Crippen molar-refractivity contribution in [1.82, 2.24) is 0 Å². The summed E-state index contributed by atoms with van der Waals surface area (Å²) in [5.74, 6) is -0.918.